The molecule has 0 spiro atoms. The highest BCUT2D eigenvalue weighted by Gasteiger charge is 2.29. The first-order chi connectivity index (χ1) is 9.95. The summed E-state index contributed by atoms with van der Waals surface area (Å²) in [5, 5.41) is 10.5. The quantitative estimate of drug-likeness (QED) is 0.779. The van der Waals surface area contributed by atoms with E-state index in [0.29, 0.717) is 32.5 Å². The van der Waals surface area contributed by atoms with E-state index < -0.39 is 0 Å². The summed E-state index contributed by atoms with van der Waals surface area (Å²) in [6.07, 6.45) is 1.57. The summed E-state index contributed by atoms with van der Waals surface area (Å²) in [5.74, 6) is 0.357. The number of phenolic OH excluding ortho intramolecular Hbond substituents is 1. The summed E-state index contributed by atoms with van der Waals surface area (Å²) in [4.78, 5) is 12.4. The predicted molar refractivity (Wildman–Crippen MR) is 82.2 cm³/mol. The molecule has 106 valence electrons. The van der Waals surface area contributed by atoms with Crippen molar-refractivity contribution in [2.45, 2.75) is 6.92 Å². The molecule has 0 saturated heterocycles. The summed E-state index contributed by atoms with van der Waals surface area (Å²) in [6, 6.07) is 7.94. The van der Waals surface area contributed by atoms with Crippen molar-refractivity contribution in [1.82, 2.24) is 0 Å². The SMILES string of the molecule is Cc1cc(O)cc2c1C(=O)/C(=C\c1ccc(Cl)cc1Cl)O2. The lowest BCUT2D eigenvalue weighted by atomic mass is 10.0. The van der Waals surface area contributed by atoms with Crippen LogP contribution in [0, 0.1) is 6.92 Å². The van der Waals surface area contributed by atoms with E-state index in [2.05, 4.69) is 0 Å². The number of hydrogen-bond acceptors (Lipinski definition) is 3. The van der Waals surface area contributed by atoms with Gasteiger partial charge >= 0.3 is 0 Å². The highest BCUT2D eigenvalue weighted by Crippen LogP contribution is 2.37. The Hall–Kier alpha value is -1.97. The minimum Gasteiger partial charge on any atom is -0.508 e. The minimum atomic E-state index is -0.228. The molecule has 0 bridgehead atoms. The van der Waals surface area contributed by atoms with Crippen molar-refractivity contribution in [1.29, 1.82) is 0 Å². The fourth-order valence-electron chi connectivity index (χ4n) is 2.25. The Kier molecular flexibility index (Phi) is 3.40. The van der Waals surface area contributed by atoms with E-state index in [4.69, 9.17) is 27.9 Å². The number of aromatic hydroxyl groups is 1. The summed E-state index contributed by atoms with van der Waals surface area (Å²) >= 11 is 11.9. The zero-order valence-corrected chi connectivity index (χ0v) is 12.5. The van der Waals surface area contributed by atoms with Crippen molar-refractivity contribution in [2.24, 2.45) is 0 Å². The molecule has 1 aliphatic rings. The van der Waals surface area contributed by atoms with E-state index in [9.17, 15) is 9.90 Å². The summed E-state index contributed by atoms with van der Waals surface area (Å²) in [6.45, 7) is 1.75. The number of benzene rings is 2. The van der Waals surface area contributed by atoms with Gasteiger partial charge in [0, 0.05) is 16.1 Å². The number of allylic oxidation sites excluding steroid dienone is 1. The molecule has 3 rings (SSSR count). The molecule has 3 nitrogen and oxygen atoms in total. The fourth-order valence-corrected chi connectivity index (χ4v) is 2.71. The lowest BCUT2D eigenvalue weighted by Crippen LogP contribution is -1.99. The molecular weight excluding hydrogens is 311 g/mol. The van der Waals surface area contributed by atoms with Gasteiger partial charge in [0.25, 0.3) is 0 Å². The van der Waals surface area contributed by atoms with Gasteiger partial charge in [0.1, 0.15) is 11.5 Å². The first-order valence-electron chi connectivity index (χ1n) is 6.18. The van der Waals surface area contributed by atoms with Crippen LogP contribution in [0.1, 0.15) is 21.5 Å². The van der Waals surface area contributed by atoms with Crippen molar-refractivity contribution in [3.8, 4) is 11.5 Å². The number of phenols is 1. The lowest BCUT2D eigenvalue weighted by Gasteiger charge is -2.02. The van der Waals surface area contributed by atoms with E-state index in [-0.39, 0.29) is 17.3 Å². The number of hydrogen-bond donors (Lipinski definition) is 1. The molecule has 1 heterocycles. The summed E-state index contributed by atoms with van der Waals surface area (Å²) < 4.78 is 5.53. The van der Waals surface area contributed by atoms with Crippen molar-refractivity contribution in [2.75, 3.05) is 0 Å². The Morgan fingerprint density at radius 1 is 1.19 bits per heavy atom. The van der Waals surface area contributed by atoms with Crippen LogP contribution < -0.4 is 4.74 Å². The lowest BCUT2D eigenvalue weighted by molar-refractivity contribution is 0.101. The molecule has 1 aliphatic heterocycles. The average molecular weight is 321 g/mol. The zero-order valence-electron chi connectivity index (χ0n) is 11.0. The largest absolute Gasteiger partial charge is 0.508 e. The molecule has 0 aliphatic carbocycles. The number of ketones is 1. The molecule has 2 aromatic rings. The highest BCUT2D eigenvalue weighted by atomic mass is 35.5. The topological polar surface area (TPSA) is 46.5 Å². The second kappa shape index (κ2) is 5.10. The van der Waals surface area contributed by atoms with Gasteiger partial charge in [-0.05, 0) is 42.3 Å². The van der Waals surface area contributed by atoms with Gasteiger partial charge in [0.05, 0.1) is 5.56 Å². The number of fused-ring (bicyclic) bond motifs is 1. The maximum Gasteiger partial charge on any atom is 0.232 e. The maximum atomic E-state index is 12.4. The molecule has 0 radical (unpaired) electrons. The Bertz CT molecular complexity index is 794. The van der Waals surface area contributed by atoms with Crippen molar-refractivity contribution in [3.05, 3.63) is 62.8 Å². The molecule has 0 atom stereocenters. The van der Waals surface area contributed by atoms with Crippen LogP contribution in [0.15, 0.2) is 36.1 Å². The van der Waals surface area contributed by atoms with Gasteiger partial charge in [0.15, 0.2) is 5.76 Å². The predicted octanol–water partition coefficient (Wildman–Crippen LogP) is 4.62. The number of ether oxygens (including phenoxy) is 1. The van der Waals surface area contributed by atoms with E-state index in [0.717, 1.165) is 0 Å². The van der Waals surface area contributed by atoms with Gasteiger partial charge < -0.3 is 9.84 Å². The van der Waals surface area contributed by atoms with Gasteiger partial charge in [0.2, 0.25) is 5.78 Å². The molecule has 0 amide bonds. The summed E-state index contributed by atoms with van der Waals surface area (Å²) in [7, 11) is 0. The monoisotopic (exact) mass is 320 g/mol. The molecule has 2 aromatic carbocycles. The number of rotatable bonds is 1. The van der Waals surface area contributed by atoms with Gasteiger partial charge in [-0.25, -0.2) is 0 Å². The molecule has 21 heavy (non-hydrogen) atoms. The third-order valence-electron chi connectivity index (χ3n) is 3.20. The van der Waals surface area contributed by atoms with Crippen LogP contribution in [-0.4, -0.2) is 10.9 Å². The molecule has 0 unspecified atom stereocenters. The van der Waals surface area contributed by atoms with E-state index in [1.54, 1.807) is 31.2 Å². The number of halogens is 2. The Labute approximate surface area is 131 Å². The Balaban J connectivity index is 2.05. The smallest absolute Gasteiger partial charge is 0.232 e. The third kappa shape index (κ3) is 2.50. The van der Waals surface area contributed by atoms with Crippen molar-refractivity contribution < 1.29 is 14.6 Å². The first-order valence-corrected chi connectivity index (χ1v) is 6.94. The number of carbonyl (C=O) groups is 1. The summed E-state index contributed by atoms with van der Waals surface area (Å²) in [5.41, 5.74) is 1.77. The zero-order chi connectivity index (χ0) is 15.1. The van der Waals surface area contributed by atoms with Gasteiger partial charge in [-0.3, -0.25) is 4.79 Å². The second-order valence-corrected chi connectivity index (χ2v) is 5.59. The molecule has 0 fully saturated rings. The van der Waals surface area contributed by atoms with Crippen LogP contribution >= 0.6 is 23.2 Å². The molecule has 5 heteroatoms. The number of aryl methyl sites for hydroxylation is 1. The Morgan fingerprint density at radius 2 is 1.95 bits per heavy atom. The van der Waals surface area contributed by atoms with Crippen molar-refractivity contribution in [3.63, 3.8) is 0 Å². The van der Waals surface area contributed by atoms with E-state index in [1.807, 2.05) is 0 Å². The van der Waals surface area contributed by atoms with Crippen LogP contribution in [0.4, 0.5) is 0 Å². The first kappa shape index (κ1) is 14.0. The molecular formula is C16H10Cl2O3. The third-order valence-corrected chi connectivity index (χ3v) is 3.77. The number of carbonyl (C=O) groups excluding carboxylic acids is 1. The van der Waals surface area contributed by atoms with Gasteiger partial charge in [-0.15, -0.1) is 0 Å². The van der Waals surface area contributed by atoms with Gasteiger partial charge in [-0.2, -0.15) is 0 Å². The fraction of sp³-hybridized carbons (Fsp3) is 0.0625. The second-order valence-electron chi connectivity index (χ2n) is 4.74. The van der Waals surface area contributed by atoms with Crippen LogP contribution in [0.5, 0.6) is 11.5 Å². The maximum absolute atomic E-state index is 12.4. The highest BCUT2D eigenvalue weighted by molar-refractivity contribution is 6.35. The average Bonchev–Trinajstić information content (AvgIpc) is 2.69. The van der Waals surface area contributed by atoms with Crippen LogP contribution in [0.3, 0.4) is 0 Å². The normalized spacial score (nSPS) is 15.2. The molecule has 1 N–H and O–H groups in total. The van der Waals surface area contributed by atoms with Crippen molar-refractivity contribution >= 4 is 35.1 Å². The number of Topliss-reactive ketones (excluding diaryl/α,β-unsaturated/α-hetero) is 1. The van der Waals surface area contributed by atoms with Crippen LogP contribution in [-0.2, 0) is 0 Å². The molecule has 0 saturated carbocycles. The van der Waals surface area contributed by atoms with E-state index in [1.165, 1.54) is 12.1 Å². The van der Waals surface area contributed by atoms with Gasteiger partial charge in [-0.1, -0.05) is 29.3 Å². The standard InChI is InChI=1S/C16H10Cl2O3/c1-8-4-11(19)7-13-15(8)16(20)14(21-13)5-9-2-3-10(17)6-12(9)18/h2-7,19H,1H3/b14-5+. The van der Waals surface area contributed by atoms with Crippen LogP contribution in [0.2, 0.25) is 10.0 Å². The molecule has 0 aromatic heterocycles. The Morgan fingerprint density at radius 3 is 2.67 bits per heavy atom. The van der Waals surface area contributed by atoms with E-state index >= 15 is 0 Å². The minimum absolute atomic E-state index is 0.0600. The van der Waals surface area contributed by atoms with Crippen LogP contribution in [0.25, 0.3) is 6.08 Å².